The van der Waals surface area contributed by atoms with Gasteiger partial charge in [-0.1, -0.05) is 12.8 Å². The Balaban J connectivity index is 1.79. The van der Waals surface area contributed by atoms with Gasteiger partial charge in [0.25, 0.3) is 0 Å². The van der Waals surface area contributed by atoms with Crippen molar-refractivity contribution in [3.63, 3.8) is 0 Å². The average molecular weight is 225 g/mol. The van der Waals surface area contributed by atoms with E-state index in [0.29, 0.717) is 25.7 Å². The van der Waals surface area contributed by atoms with E-state index >= 15 is 0 Å². The second-order valence-corrected chi connectivity index (χ2v) is 5.01. The van der Waals surface area contributed by atoms with Crippen LogP contribution < -0.4 is 11.1 Å². The lowest BCUT2D eigenvalue weighted by atomic mass is 9.85. The Kier molecular flexibility index (Phi) is 4.18. The standard InChI is InChI=1S/C12H23N3O/c13-6-7-14-12(16)9-15-8-5-10-3-1-2-4-11(10)15/h10-11H,1-9,13H2,(H,14,16). The Labute approximate surface area is 97.6 Å². The number of rotatable bonds is 4. The molecule has 0 bridgehead atoms. The second-order valence-electron chi connectivity index (χ2n) is 5.01. The summed E-state index contributed by atoms with van der Waals surface area (Å²) >= 11 is 0. The van der Waals surface area contributed by atoms with Crippen LogP contribution >= 0.6 is 0 Å². The summed E-state index contributed by atoms with van der Waals surface area (Å²) in [6.45, 7) is 2.80. The lowest BCUT2D eigenvalue weighted by Gasteiger charge is -2.31. The Morgan fingerprint density at radius 2 is 2.12 bits per heavy atom. The van der Waals surface area contributed by atoms with Gasteiger partial charge in [-0.25, -0.2) is 0 Å². The SMILES string of the molecule is NCCNC(=O)CN1CCC2CCCCC21. The van der Waals surface area contributed by atoms with Crippen LogP contribution in [0.5, 0.6) is 0 Å². The molecule has 1 amide bonds. The molecule has 1 aliphatic carbocycles. The van der Waals surface area contributed by atoms with E-state index in [1.54, 1.807) is 0 Å². The zero-order chi connectivity index (χ0) is 11.4. The second kappa shape index (κ2) is 5.64. The molecule has 1 saturated heterocycles. The number of carbonyl (C=O) groups excluding carboxylic acids is 1. The molecule has 3 N–H and O–H groups in total. The van der Waals surface area contributed by atoms with Gasteiger partial charge >= 0.3 is 0 Å². The van der Waals surface area contributed by atoms with E-state index in [1.165, 1.54) is 32.1 Å². The van der Waals surface area contributed by atoms with Crippen molar-refractivity contribution in [3.8, 4) is 0 Å². The first-order valence-corrected chi connectivity index (χ1v) is 6.52. The summed E-state index contributed by atoms with van der Waals surface area (Å²) in [4.78, 5) is 14.0. The molecule has 2 unspecified atom stereocenters. The molecular weight excluding hydrogens is 202 g/mol. The molecule has 2 aliphatic rings. The van der Waals surface area contributed by atoms with Crippen LogP contribution in [0.2, 0.25) is 0 Å². The number of nitrogens with two attached hydrogens (primary N) is 1. The number of hydrogen-bond donors (Lipinski definition) is 2. The first-order valence-electron chi connectivity index (χ1n) is 6.52. The maximum Gasteiger partial charge on any atom is 0.234 e. The smallest absolute Gasteiger partial charge is 0.234 e. The summed E-state index contributed by atoms with van der Waals surface area (Å²) in [5.41, 5.74) is 5.36. The van der Waals surface area contributed by atoms with Gasteiger partial charge in [-0.15, -0.1) is 0 Å². The molecule has 4 heteroatoms. The number of nitrogens with zero attached hydrogens (tertiary/aromatic N) is 1. The van der Waals surface area contributed by atoms with Gasteiger partial charge < -0.3 is 11.1 Å². The molecule has 0 aromatic heterocycles. The maximum atomic E-state index is 11.6. The zero-order valence-corrected chi connectivity index (χ0v) is 9.95. The largest absolute Gasteiger partial charge is 0.354 e. The van der Waals surface area contributed by atoms with Crippen LogP contribution in [0.15, 0.2) is 0 Å². The molecule has 92 valence electrons. The molecule has 0 radical (unpaired) electrons. The van der Waals surface area contributed by atoms with Gasteiger partial charge in [-0.05, 0) is 31.7 Å². The minimum atomic E-state index is 0.136. The molecule has 4 nitrogen and oxygen atoms in total. The molecular formula is C12H23N3O. The third kappa shape index (κ3) is 2.74. The maximum absolute atomic E-state index is 11.6. The van der Waals surface area contributed by atoms with Crippen LogP contribution in [-0.2, 0) is 4.79 Å². The van der Waals surface area contributed by atoms with Gasteiger partial charge in [0.15, 0.2) is 0 Å². The summed E-state index contributed by atoms with van der Waals surface area (Å²) in [6, 6.07) is 0.678. The van der Waals surface area contributed by atoms with Crippen molar-refractivity contribution in [2.45, 2.75) is 38.1 Å². The molecule has 2 fully saturated rings. The normalized spacial score (nSPS) is 30.1. The van der Waals surface area contributed by atoms with Crippen molar-refractivity contribution < 1.29 is 4.79 Å². The van der Waals surface area contributed by atoms with Crippen molar-refractivity contribution in [2.75, 3.05) is 26.2 Å². The van der Waals surface area contributed by atoms with Gasteiger partial charge in [0.2, 0.25) is 5.91 Å². The van der Waals surface area contributed by atoms with E-state index in [0.717, 1.165) is 12.5 Å². The van der Waals surface area contributed by atoms with Crippen molar-refractivity contribution in [1.82, 2.24) is 10.2 Å². The highest BCUT2D eigenvalue weighted by Gasteiger charge is 2.36. The number of carbonyl (C=O) groups is 1. The van der Waals surface area contributed by atoms with Gasteiger partial charge in [-0.2, -0.15) is 0 Å². The molecule has 2 atom stereocenters. The van der Waals surface area contributed by atoms with Crippen LogP contribution in [-0.4, -0.2) is 43.0 Å². The minimum Gasteiger partial charge on any atom is -0.354 e. The zero-order valence-electron chi connectivity index (χ0n) is 9.95. The molecule has 0 spiro atoms. The van der Waals surface area contributed by atoms with E-state index in [9.17, 15) is 4.79 Å². The van der Waals surface area contributed by atoms with Crippen LogP contribution in [0.1, 0.15) is 32.1 Å². The minimum absolute atomic E-state index is 0.136. The summed E-state index contributed by atoms with van der Waals surface area (Å²) in [7, 11) is 0. The average Bonchev–Trinajstić information content (AvgIpc) is 2.70. The quantitative estimate of drug-likeness (QED) is 0.725. The fourth-order valence-electron chi connectivity index (χ4n) is 3.15. The number of hydrogen-bond acceptors (Lipinski definition) is 3. The van der Waals surface area contributed by atoms with Crippen LogP contribution in [0.3, 0.4) is 0 Å². The van der Waals surface area contributed by atoms with Gasteiger partial charge in [0, 0.05) is 19.1 Å². The number of likely N-dealkylation sites (tertiary alicyclic amines) is 1. The third-order valence-electron chi connectivity index (χ3n) is 3.94. The molecule has 0 aromatic carbocycles. The van der Waals surface area contributed by atoms with E-state index in [2.05, 4.69) is 10.2 Å². The van der Waals surface area contributed by atoms with Crippen molar-refractivity contribution in [1.29, 1.82) is 0 Å². The fraction of sp³-hybridized carbons (Fsp3) is 0.917. The van der Waals surface area contributed by atoms with Gasteiger partial charge in [-0.3, -0.25) is 9.69 Å². The van der Waals surface area contributed by atoms with E-state index in [4.69, 9.17) is 5.73 Å². The first kappa shape index (κ1) is 11.9. The topological polar surface area (TPSA) is 58.4 Å². The van der Waals surface area contributed by atoms with Crippen molar-refractivity contribution in [2.24, 2.45) is 11.7 Å². The first-order chi connectivity index (χ1) is 7.81. The summed E-state index contributed by atoms with van der Waals surface area (Å²) < 4.78 is 0. The lowest BCUT2D eigenvalue weighted by Crippen LogP contribution is -2.43. The van der Waals surface area contributed by atoms with Crippen molar-refractivity contribution >= 4 is 5.91 Å². The van der Waals surface area contributed by atoms with Crippen LogP contribution in [0, 0.1) is 5.92 Å². The highest BCUT2D eigenvalue weighted by Crippen LogP contribution is 2.35. The Hall–Kier alpha value is -0.610. The molecule has 0 aromatic rings. The summed E-state index contributed by atoms with van der Waals surface area (Å²) in [5.74, 6) is 0.993. The van der Waals surface area contributed by atoms with Gasteiger partial charge in [0.05, 0.1) is 6.54 Å². The number of nitrogens with one attached hydrogen (secondary N) is 1. The summed E-state index contributed by atoms with van der Waals surface area (Å²) in [6.07, 6.45) is 6.66. The Morgan fingerprint density at radius 3 is 2.94 bits per heavy atom. The molecule has 1 aliphatic heterocycles. The highest BCUT2D eigenvalue weighted by molar-refractivity contribution is 5.78. The molecule has 16 heavy (non-hydrogen) atoms. The van der Waals surface area contributed by atoms with Crippen molar-refractivity contribution in [3.05, 3.63) is 0 Å². The lowest BCUT2D eigenvalue weighted by molar-refractivity contribution is -0.122. The highest BCUT2D eigenvalue weighted by atomic mass is 16.2. The van der Waals surface area contributed by atoms with Crippen LogP contribution in [0.4, 0.5) is 0 Å². The van der Waals surface area contributed by atoms with E-state index < -0.39 is 0 Å². The molecule has 1 heterocycles. The van der Waals surface area contributed by atoms with E-state index in [-0.39, 0.29) is 5.91 Å². The molecule has 2 rings (SSSR count). The monoisotopic (exact) mass is 225 g/mol. The van der Waals surface area contributed by atoms with Gasteiger partial charge in [0.1, 0.15) is 0 Å². The predicted octanol–water partition coefficient (Wildman–Crippen LogP) is 0.326. The van der Waals surface area contributed by atoms with E-state index in [1.807, 2.05) is 0 Å². The fourth-order valence-corrected chi connectivity index (χ4v) is 3.15. The predicted molar refractivity (Wildman–Crippen MR) is 64.0 cm³/mol. The third-order valence-corrected chi connectivity index (χ3v) is 3.94. The Morgan fingerprint density at radius 1 is 1.31 bits per heavy atom. The Bertz CT molecular complexity index is 244. The number of amides is 1. The summed E-state index contributed by atoms with van der Waals surface area (Å²) in [5, 5.41) is 2.85. The molecule has 1 saturated carbocycles. The van der Waals surface area contributed by atoms with Crippen LogP contribution in [0.25, 0.3) is 0 Å². The number of fused-ring (bicyclic) bond motifs is 1.